The van der Waals surface area contributed by atoms with Crippen LogP contribution in [0.15, 0.2) is 22.7 Å². The van der Waals surface area contributed by atoms with Gasteiger partial charge >= 0.3 is 0 Å². The molecule has 0 amide bonds. The highest BCUT2D eigenvalue weighted by Crippen LogP contribution is 2.62. The predicted molar refractivity (Wildman–Crippen MR) is 61.1 cm³/mol. The van der Waals surface area contributed by atoms with E-state index in [1.54, 1.807) is 0 Å². The van der Waals surface area contributed by atoms with E-state index in [-0.39, 0.29) is 17.3 Å². The summed E-state index contributed by atoms with van der Waals surface area (Å²) in [5.41, 5.74) is 0.741. The summed E-state index contributed by atoms with van der Waals surface area (Å²) < 4.78 is 12.9. The molecule has 0 aliphatic carbocycles. The van der Waals surface area contributed by atoms with Crippen LogP contribution in [0, 0.1) is 0 Å². The number of hydrogen-bond donors (Lipinski definition) is 0. The van der Waals surface area contributed by atoms with Crippen molar-refractivity contribution in [3.63, 3.8) is 0 Å². The van der Waals surface area contributed by atoms with Gasteiger partial charge in [-0.1, -0.05) is 15.9 Å². The Morgan fingerprint density at radius 1 is 1.27 bits per heavy atom. The van der Waals surface area contributed by atoms with E-state index in [0.29, 0.717) is 0 Å². The Labute approximate surface area is 97.7 Å². The van der Waals surface area contributed by atoms with Crippen LogP contribution in [0.5, 0.6) is 5.75 Å². The van der Waals surface area contributed by atoms with E-state index in [9.17, 15) is 0 Å². The molecule has 2 atom stereocenters. The summed E-state index contributed by atoms with van der Waals surface area (Å²) in [4.78, 5) is 0. The lowest BCUT2D eigenvalue weighted by atomic mass is 9.84. The molecular formula is C12H13BrO2. The Hall–Kier alpha value is -0.540. The molecule has 2 aliphatic heterocycles. The zero-order chi connectivity index (χ0) is 10.8. The Kier molecular flexibility index (Phi) is 1.66. The van der Waals surface area contributed by atoms with Crippen molar-refractivity contribution in [2.75, 3.05) is 0 Å². The zero-order valence-electron chi connectivity index (χ0n) is 9.00. The van der Waals surface area contributed by atoms with Crippen molar-refractivity contribution in [3.05, 3.63) is 28.2 Å². The van der Waals surface area contributed by atoms with Crippen LogP contribution in [0.2, 0.25) is 0 Å². The molecule has 0 bridgehead atoms. The van der Waals surface area contributed by atoms with Gasteiger partial charge in [-0.3, -0.25) is 0 Å². The number of hydrogen-bond acceptors (Lipinski definition) is 2. The van der Waals surface area contributed by atoms with Gasteiger partial charge in [0.1, 0.15) is 23.1 Å². The van der Waals surface area contributed by atoms with Gasteiger partial charge in [0.05, 0.1) is 0 Å². The molecule has 2 heterocycles. The molecule has 0 saturated carbocycles. The van der Waals surface area contributed by atoms with Crippen LogP contribution in [0.3, 0.4) is 0 Å². The third-order valence-electron chi connectivity index (χ3n) is 3.62. The van der Waals surface area contributed by atoms with Gasteiger partial charge in [0.25, 0.3) is 0 Å². The SMILES string of the molecule is CC1(C)Oc2ccc(Br)cc2C2OC21C. The van der Waals surface area contributed by atoms with Crippen molar-refractivity contribution in [1.29, 1.82) is 0 Å². The average Bonchev–Trinajstić information content (AvgIpc) is 2.82. The summed E-state index contributed by atoms with van der Waals surface area (Å²) >= 11 is 3.47. The molecule has 1 fully saturated rings. The van der Waals surface area contributed by atoms with E-state index in [1.165, 1.54) is 0 Å². The normalized spacial score (nSPS) is 35.1. The van der Waals surface area contributed by atoms with Crippen LogP contribution < -0.4 is 4.74 Å². The van der Waals surface area contributed by atoms with Crippen molar-refractivity contribution in [1.82, 2.24) is 0 Å². The third kappa shape index (κ3) is 1.14. The lowest BCUT2D eigenvalue weighted by Crippen LogP contribution is -2.45. The van der Waals surface area contributed by atoms with E-state index < -0.39 is 0 Å². The second-order valence-electron chi connectivity index (χ2n) is 4.90. The van der Waals surface area contributed by atoms with E-state index in [1.807, 2.05) is 12.1 Å². The zero-order valence-corrected chi connectivity index (χ0v) is 10.6. The largest absolute Gasteiger partial charge is 0.484 e. The molecule has 15 heavy (non-hydrogen) atoms. The molecule has 0 N–H and O–H groups in total. The van der Waals surface area contributed by atoms with E-state index in [2.05, 4.69) is 42.8 Å². The van der Waals surface area contributed by atoms with Crippen molar-refractivity contribution in [2.45, 2.75) is 38.1 Å². The van der Waals surface area contributed by atoms with Gasteiger partial charge in [0.15, 0.2) is 0 Å². The first kappa shape index (κ1) is 9.67. The molecule has 1 saturated heterocycles. The number of epoxide rings is 1. The number of halogens is 1. The molecule has 1 aromatic rings. The Balaban J connectivity index is 2.14. The molecular weight excluding hydrogens is 256 g/mol. The smallest absolute Gasteiger partial charge is 0.136 e. The fourth-order valence-corrected chi connectivity index (χ4v) is 2.60. The summed E-state index contributed by atoms with van der Waals surface area (Å²) in [7, 11) is 0. The second-order valence-corrected chi connectivity index (χ2v) is 5.82. The Morgan fingerprint density at radius 3 is 2.73 bits per heavy atom. The molecule has 0 radical (unpaired) electrons. The maximum absolute atomic E-state index is 5.99. The van der Waals surface area contributed by atoms with E-state index in [0.717, 1.165) is 15.8 Å². The summed E-state index contributed by atoms with van der Waals surface area (Å²) in [6.45, 7) is 6.28. The van der Waals surface area contributed by atoms with E-state index >= 15 is 0 Å². The number of rotatable bonds is 0. The van der Waals surface area contributed by atoms with Crippen LogP contribution in [0.4, 0.5) is 0 Å². The van der Waals surface area contributed by atoms with Gasteiger partial charge in [-0.15, -0.1) is 0 Å². The molecule has 1 aromatic carbocycles. The minimum atomic E-state index is -0.251. The van der Waals surface area contributed by atoms with Crippen molar-refractivity contribution < 1.29 is 9.47 Å². The standard InChI is InChI=1S/C12H13BrO2/c1-11(2)12(3)10(15-12)8-6-7(13)4-5-9(8)14-11/h4-6,10H,1-3H3. The second kappa shape index (κ2) is 2.58. The molecule has 0 spiro atoms. The highest BCUT2D eigenvalue weighted by Gasteiger charge is 2.67. The minimum Gasteiger partial charge on any atom is -0.484 e. The third-order valence-corrected chi connectivity index (χ3v) is 4.11. The Morgan fingerprint density at radius 2 is 2.00 bits per heavy atom. The monoisotopic (exact) mass is 268 g/mol. The van der Waals surface area contributed by atoms with Gasteiger partial charge in [0.2, 0.25) is 0 Å². The van der Waals surface area contributed by atoms with Gasteiger partial charge in [-0.2, -0.15) is 0 Å². The first-order valence-corrected chi connectivity index (χ1v) is 5.90. The van der Waals surface area contributed by atoms with Crippen molar-refractivity contribution in [3.8, 4) is 5.75 Å². The molecule has 3 rings (SSSR count). The van der Waals surface area contributed by atoms with Gasteiger partial charge in [-0.05, 0) is 39.0 Å². The average molecular weight is 269 g/mol. The molecule has 2 unspecified atom stereocenters. The maximum Gasteiger partial charge on any atom is 0.136 e. The topological polar surface area (TPSA) is 21.8 Å². The molecule has 0 aromatic heterocycles. The van der Waals surface area contributed by atoms with Crippen LogP contribution in [-0.2, 0) is 4.74 Å². The van der Waals surface area contributed by atoms with Crippen LogP contribution in [-0.4, -0.2) is 11.2 Å². The molecule has 3 heteroatoms. The highest BCUT2D eigenvalue weighted by molar-refractivity contribution is 9.10. The predicted octanol–water partition coefficient (Wildman–Crippen LogP) is 3.45. The molecule has 2 nitrogen and oxygen atoms in total. The van der Waals surface area contributed by atoms with Gasteiger partial charge in [0, 0.05) is 10.0 Å². The summed E-state index contributed by atoms with van der Waals surface area (Å²) in [5.74, 6) is 0.947. The fourth-order valence-electron chi connectivity index (χ4n) is 2.22. The Bertz CT molecular complexity index is 441. The summed E-state index contributed by atoms with van der Waals surface area (Å²) in [6.07, 6.45) is 0.189. The van der Waals surface area contributed by atoms with Crippen LogP contribution in [0.1, 0.15) is 32.4 Å². The first-order valence-electron chi connectivity index (χ1n) is 5.10. The van der Waals surface area contributed by atoms with Crippen molar-refractivity contribution in [2.24, 2.45) is 0 Å². The maximum atomic E-state index is 5.99. The highest BCUT2D eigenvalue weighted by atomic mass is 79.9. The van der Waals surface area contributed by atoms with E-state index in [4.69, 9.17) is 9.47 Å². The lowest BCUT2D eigenvalue weighted by molar-refractivity contribution is 0.0241. The van der Waals surface area contributed by atoms with Gasteiger partial charge in [-0.25, -0.2) is 0 Å². The molecule has 80 valence electrons. The van der Waals surface area contributed by atoms with Gasteiger partial charge < -0.3 is 9.47 Å². The lowest BCUT2D eigenvalue weighted by Gasteiger charge is -2.35. The number of ether oxygens (including phenoxy) is 2. The van der Waals surface area contributed by atoms with Crippen LogP contribution >= 0.6 is 15.9 Å². The van der Waals surface area contributed by atoms with Crippen molar-refractivity contribution >= 4 is 15.9 Å². The molecule has 2 aliphatic rings. The fraction of sp³-hybridized carbons (Fsp3) is 0.500. The van der Waals surface area contributed by atoms with Crippen LogP contribution in [0.25, 0.3) is 0 Å². The summed E-state index contributed by atoms with van der Waals surface area (Å²) in [6, 6.07) is 6.09. The number of fused-ring (bicyclic) bond motifs is 3. The minimum absolute atomic E-state index is 0.166. The first-order chi connectivity index (χ1) is 6.94. The quantitative estimate of drug-likeness (QED) is 0.673. The number of benzene rings is 1. The summed E-state index contributed by atoms with van der Waals surface area (Å²) in [5, 5.41) is 0.